The largest absolute Gasteiger partial charge is 0.368 e. The smallest absolute Gasteiger partial charge is 0.286 e. The second-order valence-corrected chi connectivity index (χ2v) is 11.8. The van der Waals surface area contributed by atoms with Crippen LogP contribution < -0.4 is 14.9 Å². The molecule has 0 unspecified atom stereocenters. The van der Waals surface area contributed by atoms with E-state index in [2.05, 4.69) is 20.0 Å². The van der Waals surface area contributed by atoms with E-state index >= 15 is 0 Å². The fraction of sp³-hybridized carbons (Fsp3) is 0.550. The van der Waals surface area contributed by atoms with E-state index in [-0.39, 0.29) is 31.6 Å². The molecule has 4 N–H and O–H groups in total. The predicted octanol–water partition coefficient (Wildman–Crippen LogP) is 3.30. The summed E-state index contributed by atoms with van der Waals surface area (Å²) in [5, 5.41) is 22.5. The van der Waals surface area contributed by atoms with Gasteiger partial charge in [-0.3, -0.25) is 10.8 Å². The molecule has 184 valence electrons. The highest BCUT2D eigenvalue weighted by atomic mass is 32.2. The van der Waals surface area contributed by atoms with Crippen molar-refractivity contribution >= 4 is 48.6 Å². The van der Waals surface area contributed by atoms with E-state index in [9.17, 15) is 17.2 Å². The molecular weight excluding hydrogens is 472 g/mol. The second-order valence-electron chi connectivity index (χ2n) is 9.04. The van der Waals surface area contributed by atoms with Crippen LogP contribution >= 0.6 is 11.8 Å². The topological polar surface area (TPSA) is 127 Å². The molecule has 2 aliphatic rings. The van der Waals surface area contributed by atoms with Gasteiger partial charge in [0, 0.05) is 44.6 Å². The van der Waals surface area contributed by atoms with E-state index in [1.807, 2.05) is 20.8 Å². The Morgan fingerprint density at radius 3 is 2.52 bits per heavy atom. The van der Waals surface area contributed by atoms with E-state index in [0.717, 1.165) is 17.5 Å². The normalized spacial score (nSPS) is 22.7. The van der Waals surface area contributed by atoms with E-state index in [1.54, 1.807) is 6.07 Å². The Bertz CT molecular complexity index is 1210. The number of anilines is 1. The van der Waals surface area contributed by atoms with Gasteiger partial charge in [0.25, 0.3) is 6.43 Å². The van der Waals surface area contributed by atoms with Crippen LogP contribution in [0.15, 0.2) is 23.2 Å². The lowest BCUT2D eigenvalue weighted by Gasteiger charge is -2.38. The summed E-state index contributed by atoms with van der Waals surface area (Å²) in [5.41, 5.74) is 0.496. The third-order valence-electron chi connectivity index (χ3n) is 5.83. The van der Waals surface area contributed by atoms with Gasteiger partial charge >= 0.3 is 0 Å². The zero-order chi connectivity index (χ0) is 24.1. The lowest BCUT2D eigenvalue weighted by molar-refractivity contribution is 0.228. The van der Waals surface area contributed by atoms with Crippen LogP contribution in [0.5, 0.6) is 0 Å². The molecule has 13 heteroatoms. The summed E-state index contributed by atoms with van der Waals surface area (Å²) >= 11 is 0.284. The number of aromatic nitrogens is 2. The van der Waals surface area contributed by atoms with Gasteiger partial charge < -0.3 is 10.2 Å². The highest BCUT2D eigenvalue weighted by molar-refractivity contribution is 8.26. The van der Waals surface area contributed by atoms with Crippen molar-refractivity contribution in [2.24, 2.45) is 0 Å². The van der Waals surface area contributed by atoms with Gasteiger partial charge in [-0.05, 0) is 57.5 Å². The number of alkyl halides is 2. The number of halogens is 2. The molecular formula is C20H31F2N7O2S2. The Labute approximate surface area is 198 Å². The maximum absolute atomic E-state index is 13.2. The lowest BCUT2D eigenvalue weighted by atomic mass is 10.1. The molecule has 2 atom stereocenters. The van der Waals surface area contributed by atoms with Crippen molar-refractivity contribution in [1.29, 1.82) is 10.8 Å². The SMILES string of the molecule is C[C@H]1CN(c2cc(S(=O)(=O)NC3(C)CC3)cc3c2cnn3C(=N)SC(=N)C(F)F)C[C@H](C)N1.[HH].[HH]. The molecule has 1 saturated carbocycles. The first-order chi connectivity index (χ1) is 15.4. The van der Waals surface area contributed by atoms with Gasteiger partial charge in [0.05, 0.1) is 16.6 Å². The van der Waals surface area contributed by atoms with Crippen molar-refractivity contribution in [1.82, 2.24) is 19.8 Å². The van der Waals surface area contributed by atoms with Crippen molar-refractivity contribution in [3.8, 4) is 0 Å². The van der Waals surface area contributed by atoms with Crippen LogP contribution in [0.2, 0.25) is 0 Å². The molecule has 1 aromatic heterocycles. The molecule has 0 spiro atoms. The molecule has 4 rings (SSSR count). The fourth-order valence-corrected chi connectivity index (χ4v) is 6.08. The molecule has 2 fully saturated rings. The zero-order valence-corrected chi connectivity index (χ0v) is 20.2. The summed E-state index contributed by atoms with van der Waals surface area (Å²) < 4.78 is 55.9. The minimum atomic E-state index is -3.86. The first-order valence-corrected chi connectivity index (χ1v) is 12.9. The molecule has 2 aromatic rings. The minimum Gasteiger partial charge on any atom is -0.368 e. The molecule has 33 heavy (non-hydrogen) atoms. The third-order valence-corrected chi connectivity index (χ3v) is 8.21. The zero-order valence-electron chi connectivity index (χ0n) is 18.5. The van der Waals surface area contributed by atoms with Gasteiger partial charge in [-0.1, -0.05) is 0 Å². The molecule has 2 heterocycles. The van der Waals surface area contributed by atoms with Crippen molar-refractivity contribution in [2.45, 2.75) is 62.6 Å². The lowest BCUT2D eigenvalue weighted by Crippen LogP contribution is -2.54. The summed E-state index contributed by atoms with van der Waals surface area (Å²) in [5.74, 6) is 0. The number of hydrogen-bond donors (Lipinski definition) is 4. The summed E-state index contributed by atoms with van der Waals surface area (Å²) in [6, 6.07) is 3.37. The number of piperazine rings is 1. The molecule has 1 aliphatic heterocycles. The number of benzene rings is 1. The first-order valence-electron chi connectivity index (χ1n) is 10.6. The number of nitrogens with one attached hydrogen (secondary N) is 4. The van der Waals surface area contributed by atoms with Crippen LogP contribution in [0.3, 0.4) is 0 Å². The van der Waals surface area contributed by atoms with Crippen LogP contribution in [-0.2, 0) is 10.0 Å². The molecule has 1 aromatic carbocycles. The average Bonchev–Trinajstić information content (AvgIpc) is 3.26. The maximum atomic E-state index is 13.2. The molecule has 0 amide bonds. The first kappa shape index (κ1) is 24.0. The average molecular weight is 504 g/mol. The highest BCUT2D eigenvalue weighted by Gasteiger charge is 2.41. The maximum Gasteiger partial charge on any atom is 0.286 e. The van der Waals surface area contributed by atoms with Gasteiger partial charge in [0.2, 0.25) is 10.0 Å². The monoisotopic (exact) mass is 503 g/mol. The van der Waals surface area contributed by atoms with Crippen LogP contribution in [0.1, 0.15) is 36.5 Å². The number of sulfonamides is 1. The Balaban J connectivity index is 0.00000216. The standard InChI is InChI=1S/C20H27F2N7O2S2.2H2/c1-11-9-28(10-12(2)26-11)15-6-13(33(30,31)27-20(3)4-5-20)7-16-14(15)8-25-29(16)19(24)32-18(23)17(21)22;;/h6-8,11-12,17,23-24,26-27H,4-5,9-10H2,1-3H3;2*1H/t11-,12-;;/m0../s1. The highest BCUT2D eigenvalue weighted by Crippen LogP contribution is 2.38. The summed E-state index contributed by atoms with van der Waals surface area (Å²) in [4.78, 5) is 2.11. The minimum absolute atomic E-state index is 0. The van der Waals surface area contributed by atoms with Crippen molar-refractivity contribution in [3.05, 3.63) is 18.3 Å². The predicted molar refractivity (Wildman–Crippen MR) is 131 cm³/mol. The Morgan fingerprint density at radius 1 is 1.30 bits per heavy atom. The van der Waals surface area contributed by atoms with Crippen LogP contribution in [0.4, 0.5) is 14.5 Å². The van der Waals surface area contributed by atoms with Crippen molar-refractivity contribution < 1.29 is 20.1 Å². The van der Waals surface area contributed by atoms with Gasteiger partial charge in [-0.2, -0.15) is 5.10 Å². The quantitative estimate of drug-likeness (QED) is 0.366. The van der Waals surface area contributed by atoms with Crippen molar-refractivity contribution in [3.63, 3.8) is 0 Å². The van der Waals surface area contributed by atoms with E-state index in [0.29, 0.717) is 29.7 Å². The van der Waals surface area contributed by atoms with Gasteiger partial charge in [0.15, 0.2) is 5.17 Å². The number of rotatable bonds is 5. The molecule has 9 nitrogen and oxygen atoms in total. The van der Waals surface area contributed by atoms with Gasteiger partial charge in [-0.25, -0.2) is 26.6 Å². The number of fused-ring (bicyclic) bond motifs is 1. The Hall–Kier alpha value is -2.09. The van der Waals surface area contributed by atoms with Crippen LogP contribution in [0, 0.1) is 10.8 Å². The molecule has 0 bridgehead atoms. The third kappa shape index (κ3) is 5.05. The fourth-order valence-electron chi connectivity index (χ4n) is 4.05. The number of hydrogen-bond acceptors (Lipinski definition) is 8. The number of nitrogens with zero attached hydrogens (tertiary/aromatic N) is 3. The van der Waals surface area contributed by atoms with E-state index < -0.39 is 32.2 Å². The molecule has 1 aliphatic carbocycles. The van der Waals surface area contributed by atoms with Crippen molar-refractivity contribution in [2.75, 3.05) is 18.0 Å². The van der Waals surface area contributed by atoms with Crippen LogP contribution in [0.25, 0.3) is 10.9 Å². The van der Waals surface area contributed by atoms with E-state index in [1.165, 1.54) is 12.3 Å². The summed E-state index contributed by atoms with van der Waals surface area (Å²) in [7, 11) is -3.86. The second kappa shape index (κ2) is 8.60. The number of thioether (sulfide) groups is 1. The summed E-state index contributed by atoms with van der Waals surface area (Å²) in [6.45, 7) is 7.21. The summed E-state index contributed by atoms with van der Waals surface area (Å²) in [6.07, 6.45) is 0.0115. The van der Waals surface area contributed by atoms with E-state index in [4.69, 9.17) is 10.8 Å². The molecule has 1 saturated heterocycles. The Kier molecular flexibility index (Phi) is 6.27. The van der Waals surface area contributed by atoms with Crippen LogP contribution in [-0.4, -0.2) is 65.5 Å². The molecule has 0 radical (unpaired) electrons. The van der Waals surface area contributed by atoms with Gasteiger partial charge in [-0.15, -0.1) is 0 Å². The van der Waals surface area contributed by atoms with Gasteiger partial charge in [0.1, 0.15) is 5.04 Å². The Morgan fingerprint density at radius 2 is 1.94 bits per heavy atom.